The van der Waals surface area contributed by atoms with Crippen LogP contribution < -0.4 is 10.5 Å². The normalized spacial score (nSPS) is 27.5. The van der Waals surface area contributed by atoms with Crippen LogP contribution in [0.25, 0.3) is 0 Å². The van der Waals surface area contributed by atoms with Crippen LogP contribution in [0.1, 0.15) is 61.5 Å². The second-order valence-corrected chi connectivity index (χ2v) is 10.2. The molecule has 1 aromatic carbocycles. The molecule has 0 amide bonds. The highest BCUT2D eigenvalue weighted by Gasteiger charge is 2.46. The Labute approximate surface area is 182 Å². The molecule has 4 aliphatic rings. The molecule has 3 fully saturated rings. The SMILES string of the molecule is O=c1[nH]c(C2CC[C@H](N3CCN(c4ccc(F)cc4)CC3)C2)nc2c1CC1(CC2)CC1. The van der Waals surface area contributed by atoms with E-state index in [0.717, 1.165) is 74.6 Å². The molecule has 1 unspecified atom stereocenters. The highest BCUT2D eigenvalue weighted by atomic mass is 19.1. The molecule has 1 spiro atoms. The van der Waals surface area contributed by atoms with Crippen molar-refractivity contribution in [1.82, 2.24) is 14.9 Å². The molecule has 31 heavy (non-hydrogen) atoms. The quantitative estimate of drug-likeness (QED) is 0.821. The van der Waals surface area contributed by atoms with E-state index in [9.17, 15) is 9.18 Å². The number of H-pyrrole nitrogens is 1. The van der Waals surface area contributed by atoms with Gasteiger partial charge in [-0.15, -0.1) is 0 Å². The predicted molar refractivity (Wildman–Crippen MR) is 119 cm³/mol. The first-order valence-corrected chi connectivity index (χ1v) is 12.0. The van der Waals surface area contributed by atoms with Crippen LogP contribution in [-0.4, -0.2) is 47.1 Å². The highest BCUT2D eigenvalue weighted by Crippen LogP contribution is 2.54. The number of hydrogen-bond donors (Lipinski definition) is 1. The fourth-order valence-corrected chi connectivity index (χ4v) is 6.13. The third kappa shape index (κ3) is 3.69. The Bertz CT molecular complexity index is 1020. The number of aryl methyl sites for hydroxylation is 1. The molecule has 2 heterocycles. The van der Waals surface area contributed by atoms with Crippen LogP contribution in [0.15, 0.2) is 29.1 Å². The van der Waals surface area contributed by atoms with E-state index in [1.807, 2.05) is 12.1 Å². The van der Waals surface area contributed by atoms with E-state index < -0.39 is 0 Å². The van der Waals surface area contributed by atoms with Gasteiger partial charge in [-0.05, 0) is 81.0 Å². The summed E-state index contributed by atoms with van der Waals surface area (Å²) in [6.45, 7) is 4.01. The maximum atomic E-state index is 13.2. The lowest BCUT2D eigenvalue weighted by Gasteiger charge is -2.39. The fraction of sp³-hybridized carbons (Fsp3) is 0.600. The van der Waals surface area contributed by atoms with Crippen LogP contribution in [0.3, 0.4) is 0 Å². The molecular weight excluding hydrogens is 391 g/mol. The summed E-state index contributed by atoms with van der Waals surface area (Å²) in [7, 11) is 0. The molecule has 1 N–H and O–H groups in total. The van der Waals surface area contributed by atoms with Crippen molar-refractivity contribution in [3.05, 3.63) is 57.5 Å². The summed E-state index contributed by atoms with van der Waals surface area (Å²) in [6, 6.07) is 7.40. The van der Waals surface area contributed by atoms with Crippen LogP contribution >= 0.6 is 0 Å². The smallest absolute Gasteiger partial charge is 0.254 e. The molecule has 1 aliphatic heterocycles. The maximum Gasteiger partial charge on any atom is 0.254 e. The van der Waals surface area contributed by atoms with Crippen LogP contribution in [0, 0.1) is 11.2 Å². The molecule has 5 nitrogen and oxygen atoms in total. The van der Waals surface area contributed by atoms with Gasteiger partial charge in [-0.2, -0.15) is 0 Å². The lowest BCUT2D eigenvalue weighted by Crippen LogP contribution is -2.49. The summed E-state index contributed by atoms with van der Waals surface area (Å²) >= 11 is 0. The Morgan fingerprint density at radius 3 is 2.55 bits per heavy atom. The molecule has 2 aromatic rings. The van der Waals surface area contributed by atoms with Crippen molar-refractivity contribution in [2.24, 2.45) is 5.41 Å². The largest absolute Gasteiger partial charge is 0.369 e. The average molecular weight is 423 g/mol. The molecule has 1 aromatic heterocycles. The van der Waals surface area contributed by atoms with Gasteiger partial charge in [-0.25, -0.2) is 9.37 Å². The minimum atomic E-state index is -0.180. The number of benzene rings is 1. The van der Waals surface area contributed by atoms with E-state index >= 15 is 0 Å². The Morgan fingerprint density at radius 2 is 1.81 bits per heavy atom. The minimum absolute atomic E-state index is 0.127. The van der Waals surface area contributed by atoms with Gasteiger partial charge in [0.2, 0.25) is 0 Å². The lowest BCUT2D eigenvalue weighted by atomic mass is 9.84. The molecule has 2 saturated carbocycles. The summed E-state index contributed by atoms with van der Waals surface area (Å²) in [5, 5.41) is 0. The lowest BCUT2D eigenvalue weighted by molar-refractivity contribution is 0.186. The first-order chi connectivity index (χ1) is 15.1. The zero-order chi connectivity index (χ0) is 21.0. The van der Waals surface area contributed by atoms with E-state index in [2.05, 4.69) is 14.8 Å². The summed E-state index contributed by atoms with van der Waals surface area (Å²) in [5.41, 5.74) is 3.72. The van der Waals surface area contributed by atoms with Crippen molar-refractivity contribution >= 4 is 5.69 Å². The summed E-state index contributed by atoms with van der Waals surface area (Å²) in [4.78, 5) is 25.9. The van der Waals surface area contributed by atoms with Gasteiger partial charge in [0.15, 0.2) is 0 Å². The van der Waals surface area contributed by atoms with Gasteiger partial charge in [0.25, 0.3) is 5.56 Å². The standard InChI is InChI=1S/C25H31FN4O/c26-18-2-5-19(6-3-18)29-11-13-30(14-12-29)20-4-1-17(15-20)23-27-22-7-8-25(9-10-25)16-21(22)24(31)28-23/h2-3,5-6,17,20H,1,4,7-16H2,(H,27,28,31)/t17?,20-/m0/s1. The number of anilines is 1. The highest BCUT2D eigenvalue weighted by molar-refractivity contribution is 5.46. The van der Waals surface area contributed by atoms with E-state index in [4.69, 9.17) is 4.98 Å². The number of piperazine rings is 1. The molecule has 0 bridgehead atoms. The Hall–Kier alpha value is -2.21. The second-order valence-electron chi connectivity index (χ2n) is 10.2. The monoisotopic (exact) mass is 422 g/mol. The van der Waals surface area contributed by atoms with Gasteiger partial charge < -0.3 is 9.88 Å². The molecule has 0 radical (unpaired) electrons. The van der Waals surface area contributed by atoms with E-state index in [0.29, 0.717) is 17.4 Å². The summed E-state index contributed by atoms with van der Waals surface area (Å²) in [6.07, 6.45) is 9.06. The number of rotatable bonds is 3. The van der Waals surface area contributed by atoms with Crippen molar-refractivity contribution in [3.63, 3.8) is 0 Å². The van der Waals surface area contributed by atoms with Crippen LogP contribution in [0.4, 0.5) is 10.1 Å². The first kappa shape index (κ1) is 19.5. The van der Waals surface area contributed by atoms with Crippen molar-refractivity contribution in [3.8, 4) is 0 Å². The molecule has 2 atom stereocenters. The van der Waals surface area contributed by atoms with Crippen LogP contribution in [0.5, 0.6) is 0 Å². The number of aromatic amines is 1. The van der Waals surface area contributed by atoms with Crippen molar-refractivity contribution in [2.45, 2.75) is 63.3 Å². The number of hydrogen-bond acceptors (Lipinski definition) is 4. The molecule has 1 saturated heterocycles. The second kappa shape index (κ2) is 7.44. The first-order valence-electron chi connectivity index (χ1n) is 12.0. The van der Waals surface area contributed by atoms with Gasteiger partial charge in [-0.1, -0.05) is 0 Å². The van der Waals surface area contributed by atoms with E-state index in [1.54, 1.807) is 12.1 Å². The third-order valence-corrected chi connectivity index (χ3v) is 8.33. The zero-order valence-corrected chi connectivity index (χ0v) is 18.1. The number of nitrogens with one attached hydrogen (secondary N) is 1. The molecular formula is C25H31FN4O. The average Bonchev–Trinajstić information content (AvgIpc) is 3.35. The number of fused-ring (bicyclic) bond motifs is 1. The van der Waals surface area contributed by atoms with Crippen molar-refractivity contribution < 1.29 is 4.39 Å². The van der Waals surface area contributed by atoms with E-state index in [-0.39, 0.29) is 11.4 Å². The summed E-state index contributed by atoms with van der Waals surface area (Å²) < 4.78 is 13.2. The fourth-order valence-electron chi connectivity index (χ4n) is 6.13. The topological polar surface area (TPSA) is 52.2 Å². The maximum absolute atomic E-state index is 13.2. The van der Waals surface area contributed by atoms with Gasteiger partial charge in [0.05, 0.1) is 5.69 Å². The minimum Gasteiger partial charge on any atom is -0.369 e. The predicted octanol–water partition coefficient (Wildman–Crippen LogP) is 3.64. The molecule has 164 valence electrons. The van der Waals surface area contributed by atoms with Gasteiger partial charge in [0.1, 0.15) is 11.6 Å². The van der Waals surface area contributed by atoms with Gasteiger partial charge in [0, 0.05) is 49.4 Å². The molecule has 6 heteroatoms. The van der Waals surface area contributed by atoms with Crippen LogP contribution in [0.2, 0.25) is 0 Å². The zero-order valence-electron chi connectivity index (χ0n) is 18.1. The molecule has 3 aliphatic carbocycles. The number of nitrogens with zero attached hydrogens (tertiary/aromatic N) is 3. The van der Waals surface area contributed by atoms with Gasteiger partial charge >= 0.3 is 0 Å². The Balaban J connectivity index is 1.09. The van der Waals surface area contributed by atoms with Crippen molar-refractivity contribution in [1.29, 1.82) is 0 Å². The van der Waals surface area contributed by atoms with E-state index in [1.165, 1.54) is 25.7 Å². The third-order valence-electron chi connectivity index (χ3n) is 8.33. The Morgan fingerprint density at radius 1 is 1.03 bits per heavy atom. The van der Waals surface area contributed by atoms with Crippen molar-refractivity contribution in [2.75, 3.05) is 31.1 Å². The summed E-state index contributed by atoms with van der Waals surface area (Å²) in [5.74, 6) is 1.12. The van der Waals surface area contributed by atoms with Crippen LogP contribution in [-0.2, 0) is 12.8 Å². The number of halogens is 1. The molecule has 6 rings (SSSR count). The van der Waals surface area contributed by atoms with Gasteiger partial charge in [-0.3, -0.25) is 9.69 Å². The Kier molecular flexibility index (Phi) is 4.67. The number of aromatic nitrogens is 2.